The Balaban J connectivity index is 1.58. The Morgan fingerprint density at radius 3 is 2.72 bits per heavy atom. The number of rotatable bonds is 5. The second-order valence-electron chi connectivity index (χ2n) is 9.59. The van der Waals surface area contributed by atoms with E-state index < -0.39 is 0 Å². The van der Waals surface area contributed by atoms with Crippen LogP contribution in [0.1, 0.15) is 76.3 Å². The fourth-order valence-corrected chi connectivity index (χ4v) is 6.94. The van der Waals surface area contributed by atoms with Gasteiger partial charge in [-0.15, -0.1) is 0 Å². The maximum Gasteiger partial charge on any atom is 0.222 e. The van der Waals surface area contributed by atoms with Gasteiger partial charge in [-0.05, 0) is 86.8 Å². The summed E-state index contributed by atoms with van der Waals surface area (Å²) in [7, 11) is 0. The fraction of sp³-hybridized carbons (Fsp3) is 0.680. The highest BCUT2D eigenvalue weighted by atomic mass is 19.1. The lowest BCUT2D eigenvalue weighted by Gasteiger charge is -2.50. The Labute approximate surface area is 174 Å². The maximum atomic E-state index is 14.4. The van der Waals surface area contributed by atoms with Crippen LogP contribution in [0.25, 0.3) is 0 Å². The summed E-state index contributed by atoms with van der Waals surface area (Å²) in [6.45, 7) is 7.69. The largest absolute Gasteiger partial charge is 0.343 e. The Bertz CT molecular complexity index is 802. The molecule has 2 saturated carbocycles. The van der Waals surface area contributed by atoms with Crippen molar-refractivity contribution in [3.63, 3.8) is 0 Å². The van der Waals surface area contributed by atoms with Crippen LogP contribution in [-0.2, 0) is 16.0 Å². The molecule has 0 radical (unpaired) electrons. The van der Waals surface area contributed by atoms with Crippen LogP contribution in [0.5, 0.6) is 0 Å². The quantitative estimate of drug-likeness (QED) is 0.689. The van der Waals surface area contributed by atoms with E-state index in [2.05, 4.69) is 13.0 Å². The van der Waals surface area contributed by atoms with Crippen molar-refractivity contribution >= 4 is 11.7 Å². The van der Waals surface area contributed by atoms with E-state index in [0.717, 1.165) is 50.8 Å². The highest BCUT2D eigenvalue weighted by Crippen LogP contribution is 2.62. The number of carbonyl (C=O) groups is 2. The molecule has 0 N–H and O–H groups in total. The van der Waals surface area contributed by atoms with Gasteiger partial charge in [0.25, 0.3) is 0 Å². The Morgan fingerprint density at radius 1 is 1.24 bits per heavy atom. The van der Waals surface area contributed by atoms with Gasteiger partial charge in [0.15, 0.2) is 0 Å². The summed E-state index contributed by atoms with van der Waals surface area (Å²) in [5.41, 5.74) is 1.82. The van der Waals surface area contributed by atoms with E-state index in [0.29, 0.717) is 36.4 Å². The van der Waals surface area contributed by atoms with E-state index in [1.807, 2.05) is 24.8 Å². The van der Waals surface area contributed by atoms with Crippen molar-refractivity contribution in [2.45, 2.75) is 71.6 Å². The van der Waals surface area contributed by atoms with Crippen molar-refractivity contribution in [1.82, 2.24) is 4.90 Å². The first-order valence-electron chi connectivity index (χ1n) is 11.5. The molecule has 1 amide bonds. The van der Waals surface area contributed by atoms with Crippen LogP contribution in [0.3, 0.4) is 0 Å². The summed E-state index contributed by atoms with van der Waals surface area (Å²) in [5, 5.41) is 0. The van der Waals surface area contributed by atoms with Crippen molar-refractivity contribution in [3.05, 3.63) is 35.1 Å². The van der Waals surface area contributed by atoms with Crippen LogP contribution in [0.2, 0.25) is 0 Å². The number of carbonyl (C=O) groups excluding carboxylic acids is 2. The maximum absolute atomic E-state index is 14.4. The molecule has 0 spiro atoms. The third-order valence-corrected chi connectivity index (χ3v) is 8.41. The molecule has 0 saturated heterocycles. The molecule has 0 bridgehead atoms. The first-order valence-corrected chi connectivity index (χ1v) is 11.5. The van der Waals surface area contributed by atoms with Gasteiger partial charge in [-0.2, -0.15) is 0 Å². The van der Waals surface area contributed by atoms with E-state index in [-0.39, 0.29) is 23.1 Å². The number of fused-ring (bicyclic) bond motifs is 5. The van der Waals surface area contributed by atoms with Crippen molar-refractivity contribution in [2.75, 3.05) is 13.1 Å². The third-order valence-electron chi connectivity index (χ3n) is 8.41. The zero-order chi connectivity index (χ0) is 20.8. The summed E-state index contributed by atoms with van der Waals surface area (Å²) in [6.07, 6.45) is 5.57. The molecule has 0 heterocycles. The number of hydrogen-bond acceptors (Lipinski definition) is 2. The fourth-order valence-electron chi connectivity index (χ4n) is 6.94. The van der Waals surface area contributed by atoms with E-state index in [9.17, 15) is 14.0 Å². The summed E-state index contributed by atoms with van der Waals surface area (Å²) < 4.78 is 14.4. The Kier molecular flexibility index (Phi) is 5.56. The van der Waals surface area contributed by atoms with E-state index in [4.69, 9.17) is 0 Å². The van der Waals surface area contributed by atoms with Gasteiger partial charge in [0.1, 0.15) is 11.6 Å². The average molecular weight is 400 g/mol. The monoisotopic (exact) mass is 399 g/mol. The lowest BCUT2D eigenvalue weighted by molar-refractivity contribution is -0.131. The van der Waals surface area contributed by atoms with Crippen molar-refractivity contribution in [2.24, 2.45) is 23.2 Å². The molecule has 29 heavy (non-hydrogen) atoms. The smallest absolute Gasteiger partial charge is 0.222 e. The molecule has 4 heteroatoms. The van der Waals surface area contributed by atoms with Crippen molar-refractivity contribution in [3.8, 4) is 0 Å². The second kappa shape index (κ2) is 7.85. The highest BCUT2D eigenvalue weighted by molar-refractivity contribution is 5.88. The zero-order valence-electron chi connectivity index (χ0n) is 18.0. The van der Waals surface area contributed by atoms with Gasteiger partial charge in [0.2, 0.25) is 5.91 Å². The molecule has 1 aromatic rings. The predicted molar refractivity (Wildman–Crippen MR) is 112 cm³/mol. The first-order chi connectivity index (χ1) is 13.9. The molecule has 3 aliphatic rings. The molecule has 2 fully saturated rings. The second-order valence-corrected chi connectivity index (χ2v) is 9.59. The van der Waals surface area contributed by atoms with Crippen LogP contribution in [0.4, 0.5) is 4.39 Å². The molecular formula is C25H34FNO2. The molecule has 158 valence electrons. The van der Waals surface area contributed by atoms with Gasteiger partial charge < -0.3 is 4.90 Å². The SMILES string of the molecule is CCN(CC)C(=O)CC[C@@H]1CC(=O)[C@@]2(C)CCC3c4cccc(F)c4CCC3C12. The van der Waals surface area contributed by atoms with Crippen LogP contribution >= 0.6 is 0 Å². The minimum Gasteiger partial charge on any atom is -0.343 e. The molecule has 5 atom stereocenters. The third kappa shape index (κ3) is 3.33. The van der Waals surface area contributed by atoms with Gasteiger partial charge in [-0.25, -0.2) is 4.39 Å². The lowest BCUT2D eigenvalue weighted by atomic mass is 9.54. The standard InChI is InChI=1S/C25H34FNO2/c1-4-27(5-2)23(29)12-9-16-15-22(28)25(3)14-13-18-17-7-6-8-21(26)19(17)10-11-20(18)24(16)25/h6-8,16,18,20,24H,4-5,9-15H2,1-3H3/t16-,18?,20?,24?,25-/m1/s1. The Hall–Kier alpha value is -1.71. The number of benzene rings is 1. The number of Topliss-reactive ketones (excluding diaryl/α,β-unsaturated/α-hetero) is 1. The van der Waals surface area contributed by atoms with Crippen molar-refractivity contribution in [1.29, 1.82) is 0 Å². The molecular weight excluding hydrogens is 365 g/mol. The molecule has 3 aliphatic carbocycles. The predicted octanol–water partition coefficient (Wildman–Crippen LogP) is 5.13. The van der Waals surface area contributed by atoms with Gasteiger partial charge in [0.05, 0.1) is 0 Å². The van der Waals surface area contributed by atoms with Crippen LogP contribution in [0.15, 0.2) is 18.2 Å². The average Bonchev–Trinajstić information content (AvgIpc) is 2.97. The minimum absolute atomic E-state index is 0.0712. The first kappa shape index (κ1) is 20.6. The zero-order valence-corrected chi connectivity index (χ0v) is 18.0. The topological polar surface area (TPSA) is 37.4 Å². The summed E-state index contributed by atoms with van der Waals surface area (Å²) in [4.78, 5) is 27.5. The molecule has 4 rings (SSSR count). The number of ketones is 1. The van der Waals surface area contributed by atoms with E-state index in [1.54, 1.807) is 6.07 Å². The molecule has 3 nitrogen and oxygen atoms in total. The number of amides is 1. The van der Waals surface area contributed by atoms with Gasteiger partial charge in [-0.1, -0.05) is 19.1 Å². The molecule has 0 aliphatic heterocycles. The lowest BCUT2D eigenvalue weighted by Crippen LogP contribution is -2.44. The van der Waals surface area contributed by atoms with Gasteiger partial charge in [-0.3, -0.25) is 9.59 Å². The molecule has 3 unspecified atom stereocenters. The normalized spacial score (nSPS) is 33.0. The van der Waals surface area contributed by atoms with Crippen molar-refractivity contribution < 1.29 is 14.0 Å². The van der Waals surface area contributed by atoms with E-state index in [1.165, 1.54) is 5.56 Å². The Morgan fingerprint density at radius 2 is 2.00 bits per heavy atom. The van der Waals surface area contributed by atoms with Crippen LogP contribution in [0, 0.1) is 29.0 Å². The summed E-state index contributed by atoms with van der Waals surface area (Å²) in [5.74, 6) is 1.94. The summed E-state index contributed by atoms with van der Waals surface area (Å²) in [6, 6.07) is 5.52. The number of nitrogens with zero attached hydrogens (tertiary/aromatic N) is 1. The van der Waals surface area contributed by atoms with Gasteiger partial charge >= 0.3 is 0 Å². The van der Waals surface area contributed by atoms with Crippen LogP contribution < -0.4 is 0 Å². The van der Waals surface area contributed by atoms with Gasteiger partial charge in [0, 0.05) is 31.3 Å². The summed E-state index contributed by atoms with van der Waals surface area (Å²) >= 11 is 0. The highest BCUT2D eigenvalue weighted by Gasteiger charge is 2.58. The minimum atomic E-state index is -0.255. The molecule has 1 aromatic carbocycles. The molecule has 0 aromatic heterocycles. The van der Waals surface area contributed by atoms with Crippen LogP contribution in [-0.4, -0.2) is 29.7 Å². The van der Waals surface area contributed by atoms with E-state index >= 15 is 0 Å². The number of halogens is 1. The number of hydrogen-bond donors (Lipinski definition) is 0.